The van der Waals surface area contributed by atoms with Gasteiger partial charge < -0.3 is 24.9 Å². The zero-order chi connectivity index (χ0) is 21.2. The van der Waals surface area contributed by atoms with Gasteiger partial charge in [0.15, 0.2) is 6.61 Å². The third kappa shape index (κ3) is 7.45. The number of anilines is 2. The van der Waals surface area contributed by atoms with Crippen LogP contribution in [0.3, 0.4) is 0 Å². The number of rotatable bonds is 9. The van der Waals surface area contributed by atoms with Gasteiger partial charge in [-0.05, 0) is 55.5 Å². The molecule has 2 N–H and O–H groups in total. The number of ketones is 1. The summed E-state index contributed by atoms with van der Waals surface area (Å²) in [7, 11) is 1.56. The van der Waals surface area contributed by atoms with Gasteiger partial charge in [-0.25, -0.2) is 0 Å². The Morgan fingerprint density at radius 1 is 0.828 bits per heavy atom. The molecule has 0 unspecified atom stereocenters. The molecule has 0 aliphatic rings. The van der Waals surface area contributed by atoms with Crippen LogP contribution in [0.15, 0.2) is 48.5 Å². The molecular weight excluding hydrogens is 376 g/mol. The minimum Gasteiger partial charge on any atom is -0.497 e. The molecule has 2 aromatic carbocycles. The second-order valence-electron chi connectivity index (χ2n) is 6.17. The number of methoxy groups -OCH3 is 1. The molecule has 0 aliphatic heterocycles. The van der Waals surface area contributed by atoms with Crippen molar-refractivity contribution in [3.63, 3.8) is 0 Å². The summed E-state index contributed by atoms with van der Waals surface area (Å²) < 4.78 is 9.86. The number of hydrogen-bond acceptors (Lipinski definition) is 6. The molecule has 0 fully saturated rings. The highest BCUT2D eigenvalue weighted by Crippen LogP contribution is 2.16. The second kappa shape index (κ2) is 10.6. The van der Waals surface area contributed by atoms with E-state index in [1.807, 2.05) is 0 Å². The van der Waals surface area contributed by atoms with Crippen LogP contribution in [0.1, 0.15) is 30.1 Å². The largest absolute Gasteiger partial charge is 0.497 e. The summed E-state index contributed by atoms with van der Waals surface area (Å²) in [5, 5.41) is 5.32. The van der Waals surface area contributed by atoms with Crippen molar-refractivity contribution < 1.29 is 28.7 Å². The number of hydrogen-bond donors (Lipinski definition) is 2. The van der Waals surface area contributed by atoms with Crippen LogP contribution in [0.2, 0.25) is 0 Å². The lowest BCUT2D eigenvalue weighted by atomic mass is 10.2. The summed E-state index contributed by atoms with van der Waals surface area (Å²) >= 11 is 0. The molecule has 0 saturated heterocycles. The first-order chi connectivity index (χ1) is 13.9. The molecule has 0 aromatic heterocycles. The van der Waals surface area contributed by atoms with Gasteiger partial charge in [0, 0.05) is 23.4 Å². The first kappa shape index (κ1) is 21.6. The van der Waals surface area contributed by atoms with Gasteiger partial charge in [0.2, 0.25) is 0 Å². The molecule has 2 aromatic rings. The Morgan fingerprint density at radius 3 is 2.00 bits per heavy atom. The number of Topliss-reactive ketones (excluding diaryl/α,β-unsaturated/α-hetero) is 1. The minimum atomic E-state index is -0.610. The number of ether oxygens (including phenoxy) is 2. The van der Waals surface area contributed by atoms with Gasteiger partial charge in [0.1, 0.15) is 11.5 Å². The van der Waals surface area contributed by atoms with Crippen LogP contribution in [0.4, 0.5) is 11.4 Å². The molecule has 0 aliphatic carbocycles. The molecule has 8 heteroatoms. The Morgan fingerprint density at radius 2 is 1.41 bits per heavy atom. The molecule has 152 valence electrons. The van der Waals surface area contributed by atoms with E-state index in [1.54, 1.807) is 55.6 Å². The van der Waals surface area contributed by atoms with E-state index < -0.39 is 18.5 Å². The maximum absolute atomic E-state index is 12.3. The Hall–Kier alpha value is -3.68. The van der Waals surface area contributed by atoms with E-state index in [0.29, 0.717) is 22.7 Å². The fourth-order valence-corrected chi connectivity index (χ4v) is 2.28. The van der Waals surface area contributed by atoms with E-state index in [-0.39, 0.29) is 24.5 Å². The summed E-state index contributed by atoms with van der Waals surface area (Å²) in [5.74, 6) is -0.861. The molecule has 0 radical (unpaired) electrons. The first-order valence-electron chi connectivity index (χ1n) is 8.88. The van der Waals surface area contributed by atoms with Crippen LogP contribution in [0, 0.1) is 0 Å². The molecule has 2 rings (SSSR count). The van der Waals surface area contributed by atoms with Gasteiger partial charge in [0.05, 0.1) is 13.5 Å². The van der Waals surface area contributed by atoms with Gasteiger partial charge in [-0.15, -0.1) is 0 Å². The predicted molar refractivity (Wildman–Crippen MR) is 107 cm³/mol. The summed E-state index contributed by atoms with van der Waals surface area (Å²) in [5.41, 5.74) is 1.49. The minimum absolute atomic E-state index is 0.0549. The maximum Gasteiger partial charge on any atom is 0.306 e. The van der Waals surface area contributed by atoms with Crippen LogP contribution in [0.25, 0.3) is 0 Å². The lowest BCUT2D eigenvalue weighted by Crippen LogP contribution is -2.21. The zero-order valence-corrected chi connectivity index (χ0v) is 16.2. The van der Waals surface area contributed by atoms with Gasteiger partial charge >= 0.3 is 5.97 Å². The molecule has 0 heterocycles. The van der Waals surface area contributed by atoms with Crippen LogP contribution < -0.4 is 15.4 Å². The lowest BCUT2D eigenvalue weighted by molar-refractivity contribution is -0.148. The maximum atomic E-state index is 12.3. The van der Waals surface area contributed by atoms with Crippen molar-refractivity contribution in [2.75, 3.05) is 24.4 Å². The highest BCUT2D eigenvalue weighted by Gasteiger charge is 2.10. The molecule has 29 heavy (non-hydrogen) atoms. The monoisotopic (exact) mass is 398 g/mol. The van der Waals surface area contributed by atoms with Crippen molar-refractivity contribution in [3.8, 4) is 5.75 Å². The third-order valence-corrected chi connectivity index (χ3v) is 3.82. The zero-order valence-electron chi connectivity index (χ0n) is 16.2. The number of esters is 1. The summed E-state index contributed by atoms with van der Waals surface area (Å²) in [6.07, 6.45) is 0.0289. The topological polar surface area (TPSA) is 111 Å². The first-order valence-corrected chi connectivity index (χ1v) is 8.88. The van der Waals surface area contributed by atoms with Gasteiger partial charge in [0.25, 0.3) is 11.8 Å². The number of nitrogens with one attached hydrogen (secondary N) is 2. The van der Waals surface area contributed by atoms with Crippen molar-refractivity contribution in [1.82, 2.24) is 0 Å². The van der Waals surface area contributed by atoms with Crippen molar-refractivity contribution in [3.05, 3.63) is 54.1 Å². The highest BCUT2D eigenvalue weighted by atomic mass is 16.5. The molecule has 2 amide bonds. The van der Waals surface area contributed by atoms with E-state index in [0.717, 1.165) is 0 Å². The van der Waals surface area contributed by atoms with E-state index in [1.165, 1.54) is 6.92 Å². The van der Waals surface area contributed by atoms with Crippen molar-refractivity contribution in [1.29, 1.82) is 0 Å². The molecule has 0 spiro atoms. The average molecular weight is 398 g/mol. The quantitative estimate of drug-likeness (QED) is 0.629. The van der Waals surface area contributed by atoms with Crippen LogP contribution in [0.5, 0.6) is 5.75 Å². The fourth-order valence-electron chi connectivity index (χ4n) is 2.28. The smallest absolute Gasteiger partial charge is 0.306 e. The third-order valence-electron chi connectivity index (χ3n) is 3.82. The van der Waals surface area contributed by atoms with Gasteiger partial charge in [-0.2, -0.15) is 0 Å². The molecule has 0 atom stereocenters. The van der Waals surface area contributed by atoms with Crippen molar-refractivity contribution >= 4 is 34.9 Å². The predicted octanol–water partition coefficient (Wildman–Crippen LogP) is 2.80. The van der Waals surface area contributed by atoms with E-state index in [4.69, 9.17) is 9.47 Å². The van der Waals surface area contributed by atoms with E-state index >= 15 is 0 Å². The molecule has 0 saturated carbocycles. The number of benzene rings is 2. The van der Waals surface area contributed by atoms with Crippen LogP contribution in [-0.4, -0.2) is 37.3 Å². The Labute approximate surface area is 168 Å². The summed E-state index contributed by atoms with van der Waals surface area (Å²) in [4.78, 5) is 46.3. The van der Waals surface area contributed by atoms with Gasteiger partial charge in [-0.1, -0.05) is 0 Å². The average Bonchev–Trinajstić information content (AvgIpc) is 2.71. The van der Waals surface area contributed by atoms with Crippen LogP contribution in [-0.2, 0) is 19.1 Å². The van der Waals surface area contributed by atoms with E-state index in [9.17, 15) is 19.2 Å². The Balaban J connectivity index is 1.82. The lowest BCUT2D eigenvalue weighted by Gasteiger charge is -2.08. The molecule has 0 bridgehead atoms. The normalized spacial score (nSPS) is 10.0. The SMILES string of the molecule is COc1ccc(NC(=O)c2ccc(NC(=O)COC(=O)CCC(C)=O)cc2)cc1. The highest BCUT2D eigenvalue weighted by molar-refractivity contribution is 6.04. The molecular formula is C21H22N2O6. The molecule has 8 nitrogen and oxygen atoms in total. The Bertz CT molecular complexity index is 875. The van der Waals surface area contributed by atoms with E-state index in [2.05, 4.69) is 10.6 Å². The van der Waals surface area contributed by atoms with Crippen LogP contribution >= 0.6 is 0 Å². The Kier molecular flexibility index (Phi) is 7.90. The summed E-state index contributed by atoms with van der Waals surface area (Å²) in [6.45, 7) is 0.928. The second-order valence-corrected chi connectivity index (χ2v) is 6.17. The number of carbonyl (C=O) groups is 4. The van der Waals surface area contributed by atoms with Crippen molar-refractivity contribution in [2.45, 2.75) is 19.8 Å². The fraction of sp³-hybridized carbons (Fsp3) is 0.238. The number of amides is 2. The summed E-state index contributed by atoms with van der Waals surface area (Å²) in [6, 6.07) is 13.2. The standard InChI is InChI=1S/C21H22N2O6/c1-14(24)3-12-20(26)29-13-19(25)22-16-6-4-15(5-7-16)21(27)23-17-8-10-18(28-2)11-9-17/h4-11H,3,12-13H2,1-2H3,(H,22,25)(H,23,27). The number of carbonyl (C=O) groups excluding carboxylic acids is 4. The van der Waals surface area contributed by atoms with Crippen molar-refractivity contribution in [2.24, 2.45) is 0 Å². The van der Waals surface area contributed by atoms with Gasteiger partial charge in [-0.3, -0.25) is 14.4 Å².